The first kappa shape index (κ1) is 14.7. The van der Waals surface area contributed by atoms with Crippen molar-refractivity contribution in [2.24, 2.45) is 5.41 Å². The Bertz CT molecular complexity index is 376. The lowest BCUT2D eigenvalue weighted by atomic mass is 9.80. The molecule has 0 amide bonds. The third-order valence-electron chi connectivity index (χ3n) is 3.04. The number of halogens is 2. The molecule has 0 aliphatic rings. The minimum atomic E-state index is -0.121. The number of nitrogens with one attached hydrogen (secondary N) is 1. The second-order valence-corrected chi connectivity index (χ2v) is 6.39. The molecule has 1 rings (SSSR count). The van der Waals surface area contributed by atoms with Crippen LogP contribution < -0.4 is 5.32 Å². The minimum absolute atomic E-state index is 0.0943. The van der Waals surface area contributed by atoms with E-state index in [1.54, 1.807) is 0 Å². The Labute approximate surface area is 112 Å². The van der Waals surface area contributed by atoms with Crippen LogP contribution in [0.5, 0.6) is 0 Å². The van der Waals surface area contributed by atoms with Gasteiger partial charge in [0.15, 0.2) is 0 Å². The number of hydrogen-bond donors (Lipinski definition) is 1. The van der Waals surface area contributed by atoms with Gasteiger partial charge in [0.1, 0.15) is 5.82 Å². The van der Waals surface area contributed by atoms with Gasteiger partial charge in [-0.25, -0.2) is 4.39 Å². The molecule has 1 nitrogen and oxygen atoms in total. The molecular formula is C14H21BrFN. The number of rotatable bonds is 5. The molecule has 0 aliphatic carbocycles. The third kappa shape index (κ3) is 4.76. The highest BCUT2D eigenvalue weighted by Gasteiger charge is 2.22. The second-order valence-electron chi connectivity index (χ2n) is 5.47. The van der Waals surface area contributed by atoms with Gasteiger partial charge in [-0.05, 0) is 49.9 Å². The normalized spacial score (nSPS) is 13.8. The Kier molecular flexibility index (Phi) is 5.14. The van der Waals surface area contributed by atoms with E-state index in [0.717, 1.165) is 22.9 Å². The molecule has 1 aromatic rings. The number of hydrogen-bond acceptors (Lipinski definition) is 1. The van der Waals surface area contributed by atoms with Crippen LogP contribution in [0.3, 0.4) is 0 Å². The van der Waals surface area contributed by atoms with E-state index < -0.39 is 0 Å². The van der Waals surface area contributed by atoms with Crippen LogP contribution in [0.15, 0.2) is 22.7 Å². The fourth-order valence-corrected chi connectivity index (χ4v) is 2.52. The van der Waals surface area contributed by atoms with Crippen LogP contribution in [0.25, 0.3) is 0 Å². The lowest BCUT2D eigenvalue weighted by Gasteiger charge is -2.28. The average Bonchev–Trinajstić information content (AvgIpc) is 2.21. The molecule has 96 valence electrons. The van der Waals surface area contributed by atoms with Crippen LogP contribution in [-0.2, 0) is 6.42 Å². The molecule has 0 bridgehead atoms. The average molecular weight is 302 g/mol. The molecule has 1 unspecified atom stereocenters. The number of benzene rings is 1. The van der Waals surface area contributed by atoms with Crippen molar-refractivity contribution in [1.82, 2.24) is 5.32 Å². The molecule has 0 aliphatic heterocycles. The van der Waals surface area contributed by atoms with Gasteiger partial charge in [0, 0.05) is 10.5 Å². The van der Waals surface area contributed by atoms with E-state index in [1.165, 1.54) is 6.07 Å². The van der Waals surface area contributed by atoms with Gasteiger partial charge in [0.25, 0.3) is 0 Å². The van der Waals surface area contributed by atoms with Crippen molar-refractivity contribution in [1.29, 1.82) is 0 Å². The van der Waals surface area contributed by atoms with Gasteiger partial charge in [0.05, 0.1) is 0 Å². The van der Waals surface area contributed by atoms with Gasteiger partial charge in [-0.3, -0.25) is 0 Å². The van der Waals surface area contributed by atoms with Gasteiger partial charge in [0.2, 0.25) is 0 Å². The highest BCUT2D eigenvalue weighted by molar-refractivity contribution is 9.10. The Morgan fingerprint density at radius 1 is 1.41 bits per heavy atom. The lowest BCUT2D eigenvalue weighted by molar-refractivity contribution is 0.290. The van der Waals surface area contributed by atoms with E-state index in [-0.39, 0.29) is 11.2 Å². The monoisotopic (exact) mass is 301 g/mol. The zero-order valence-electron chi connectivity index (χ0n) is 11.0. The molecule has 3 heteroatoms. The van der Waals surface area contributed by atoms with Gasteiger partial charge in [-0.2, -0.15) is 0 Å². The van der Waals surface area contributed by atoms with Crippen molar-refractivity contribution in [3.63, 3.8) is 0 Å². The van der Waals surface area contributed by atoms with Crippen LogP contribution >= 0.6 is 15.9 Å². The summed E-state index contributed by atoms with van der Waals surface area (Å²) in [5, 5.41) is 3.23. The molecule has 0 aromatic heterocycles. The summed E-state index contributed by atoms with van der Waals surface area (Å²) in [6.45, 7) is 6.52. The van der Waals surface area contributed by atoms with Gasteiger partial charge in [-0.15, -0.1) is 0 Å². The fourth-order valence-electron chi connectivity index (χ4n) is 2.18. The molecule has 0 radical (unpaired) electrons. The largest absolute Gasteiger partial charge is 0.317 e. The second kappa shape index (κ2) is 5.96. The summed E-state index contributed by atoms with van der Waals surface area (Å²) in [5.41, 5.74) is 0.887. The molecule has 0 heterocycles. The van der Waals surface area contributed by atoms with Crippen molar-refractivity contribution in [2.75, 3.05) is 7.05 Å². The highest BCUT2D eigenvalue weighted by atomic mass is 79.9. The smallest absolute Gasteiger partial charge is 0.127 e. The predicted octanol–water partition coefficient (Wildman–Crippen LogP) is 4.15. The summed E-state index contributed by atoms with van der Waals surface area (Å²) in [6.07, 6.45) is 1.79. The van der Waals surface area contributed by atoms with E-state index in [0.29, 0.717) is 6.04 Å². The molecule has 0 saturated heterocycles. The van der Waals surface area contributed by atoms with Crippen molar-refractivity contribution in [3.8, 4) is 0 Å². The maximum atomic E-state index is 13.8. The maximum absolute atomic E-state index is 13.8. The first-order valence-corrected chi connectivity index (χ1v) is 6.74. The maximum Gasteiger partial charge on any atom is 0.127 e. The molecule has 17 heavy (non-hydrogen) atoms. The highest BCUT2D eigenvalue weighted by Crippen LogP contribution is 2.29. The summed E-state index contributed by atoms with van der Waals surface area (Å²) < 4.78 is 14.5. The topological polar surface area (TPSA) is 12.0 Å². The van der Waals surface area contributed by atoms with Crippen LogP contribution in [0, 0.1) is 11.2 Å². The Balaban J connectivity index is 2.75. The third-order valence-corrected chi connectivity index (χ3v) is 3.53. The van der Waals surface area contributed by atoms with Gasteiger partial charge >= 0.3 is 0 Å². The van der Waals surface area contributed by atoms with Crippen LogP contribution in [0.4, 0.5) is 4.39 Å². The first-order chi connectivity index (χ1) is 7.84. The molecule has 0 saturated carbocycles. The van der Waals surface area contributed by atoms with Crippen molar-refractivity contribution in [2.45, 2.75) is 39.7 Å². The summed E-state index contributed by atoms with van der Waals surface area (Å²) in [4.78, 5) is 0. The molecule has 1 atom stereocenters. The molecule has 1 N–H and O–H groups in total. The van der Waals surface area contributed by atoms with E-state index >= 15 is 0 Å². The molecular weight excluding hydrogens is 281 g/mol. The van der Waals surface area contributed by atoms with Gasteiger partial charge < -0.3 is 5.32 Å². The van der Waals surface area contributed by atoms with E-state index in [9.17, 15) is 4.39 Å². The van der Waals surface area contributed by atoms with Crippen LogP contribution in [-0.4, -0.2) is 13.1 Å². The Hall–Kier alpha value is -0.410. The fraction of sp³-hybridized carbons (Fsp3) is 0.571. The van der Waals surface area contributed by atoms with Crippen LogP contribution in [0.2, 0.25) is 0 Å². The van der Waals surface area contributed by atoms with Crippen molar-refractivity contribution in [3.05, 3.63) is 34.1 Å². The Morgan fingerprint density at radius 2 is 2.06 bits per heavy atom. The zero-order valence-corrected chi connectivity index (χ0v) is 12.6. The van der Waals surface area contributed by atoms with Gasteiger partial charge in [-0.1, -0.05) is 35.8 Å². The standard InChI is InChI=1S/C14H21BrFN/c1-10(17-4)8-14(2,3)9-11-5-6-12(15)7-13(11)16/h5-7,10,17H,8-9H2,1-4H3. The summed E-state index contributed by atoms with van der Waals surface area (Å²) >= 11 is 3.28. The quantitative estimate of drug-likeness (QED) is 0.861. The summed E-state index contributed by atoms with van der Waals surface area (Å²) in [6, 6.07) is 5.75. The van der Waals surface area contributed by atoms with Crippen molar-refractivity contribution >= 4 is 15.9 Å². The van der Waals surface area contributed by atoms with E-state index in [4.69, 9.17) is 0 Å². The van der Waals surface area contributed by atoms with E-state index in [1.807, 2.05) is 19.2 Å². The predicted molar refractivity (Wildman–Crippen MR) is 74.7 cm³/mol. The SMILES string of the molecule is CNC(C)CC(C)(C)Cc1ccc(Br)cc1F. The Morgan fingerprint density at radius 3 is 2.59 bits per heavy atom. The first-order valence-electron chi connectivity index (χ1n) is 5.95. The van der Waals surface area contributed by atoms with Crippen LogP contribution in [0.1, 0.15) is 32.8 Å². The van der Waals surface area contributed by atoms with E-state index in [2.05, 4.69) is 42.0 Å². The lowest BCUT2D eigenvalue weighted by Crippen LogP contribution is -2.29. The molecule has 0 spiro atoms. The summed E-state index contributed by atoms with van der Waals surface area (Å²) in [7, 11) is 1.96. The minimum Gasteiger partial charge on any atom is -0.317 e. The van der Waals surface area contributed by atoms with Crippen molar-refractivity contribution < 1.29 is 4.39 Å². The zero-order chi connectivity index (χ0) is 13.1. The molecule has 1 aromatic carbocycles. The summed E-state index contributed by atoms with van der Waals surface area (Å²) in [5.74, 6) is -0.121. The molecule has 0 fully saturated rings.